The van der Waals surface area contributed by atoms with Gasteiger partial charge in [0, 0.05) is 25.4 Å². The maximum atomic E-state index is 14.6. The van der Waals surface area contributed by atoms with E-state index in [1.54, 1.807) is 63.5 Å². The number of rotatable bonds is 11. The van der Waals surface area contributed by atoms with Gasteiger partial charge in [-0.15, -0.1) is 0 Å². The minimum atomic E-state index is -1.03. The molecule has 40 heavy (non-hydrogen) atoms. The van der Waals surface area contributed by atoms with Crippen LogP contribution in [0.3, 0.4) is 0 Å². The van der Waals surface area contributed by atoms with Gasteiger partial charge in [0.15, 0.2) is 0 Å². The molecule has 1 heterocycles. The third-order valence-electron chi connectivity index (χ3n) is 5.52. The Kier molecular flexibility index (Phi) is 10.4. The summed E-state index contributed by atoms with van der Waals surface area (Å²) in [6.07, 6.45) is 2.45. The van der Waals surface area contributed by atoms with Gasteiger partial charge in [0.1, 0.15) is 23.8 Å². The summed E-state index contributed by atoms with van der Waals surface area (Å²) in [7, 11) is 0. The number of aliphatic carboxylic acids is 1. The number of carbonyl (C=O) groups excluding carboxylic acids is 2. The first-order valence-corrected chi connectivity index (χ1v) is 13.0. The van der Waals surface area contributed by atoms with Crippen molar-refractivity contribution in [2.75, 3.05) is 29.5 Å². The van der Waals surface area contributed by atoms with Crippen LogP contribution in [0.4, 0.5) is 20.6 Å². The predicted molar refractivity (Wildman–Crippen MR) is 150 cm³/mol. The number of hydrogen-bond donors (Lipinski definition) is 1. The van der Waals surface area contributed by atoms with Gasteiger partial charge >= 0.3 is 12.1 Å². The second kappa shape index (κ2) is 13.7. The smallest absolute Gasteiger partial charge is 0.414 e. The van der Waals surface area contributed by atoms with Crippen molar-refractivity contribution >= 4 is 40.9 Å². The highest BCUT2D eigenvalue weighted by Gasteiger charge is 2.26. The molecule has 0 spiro atoms. The Morgan fingerprint density at radius 3 is 2.33 bits per heavy atom. The summed E-state index contributed by atoms with van der Waals surface area (Å²) in [6, 6.07) is 13.7. The van der Waals surface area contributed by atoms with Crippen LogP contribution in [0.15, 0.2) is 67.0 Å². The zero-order chi connectivity index (χ0) is 29.3. The predicted octanol–water partition coefficient (Wildman–Crippen LogP) is 6.21. The van der Waals surface area contributed by atoms with E-state index in [2.05, 4.69) is 4.98 Å². The molecule has 0 fully saturated rings. The minimum Gasteiger partial charge on any atom is -0.490 e. The van der Waals surface area contributed by atoms with Crippen LogP contribution in [-0.2, 0) is 9.53 Å². The van der Waals surface area contributed by atoms with Gasteiger partial charge in [-0.3, -0.25) is 19.5 Å². The molecule has 0 saturated carbocycles. The van der Waals surface area contributed by atoms with E-state index in [1.807, 2.05) is 0 Å². The van der Waals surface area contributed by atoms with E-state index in [4.69, 9.17) is 26.2 Å². The van der Waals surface area contributed by atoms with Crippen LogP contribution in [0, 0.1) is 5.82 Å². The number of ether oxygens (including phenoxy) is 2. The van der Waals surface area contributed by atoms with E-state index in [0.717, 1.165) is 4.90 Å². The Morgan fingerprint density at radius 1 is 0.975 bits per heavy atom. The normalized spacial score (nSPS) is 11.0. The standard InChI is InChI=1S/C29H31ClFN3O6/c1-29(2,3)40-28(38)33(20-13-15-32-16-14-20)18-19-39-24-11-6-8-21(26(24)30)27(37)34(17-7-12-25(35)36)23-10-5-4-9-22(23)31/h4-6,8-11,13-16H,7,12,17-19H2,1-3H3,(H,35,36). The van der Waals surface area contributed by atoms with Crippen molar-refractivity contribution in [2.24, 2.45) is 0 Å². The molecule has 2 aromatic carbocycles. The van der Waals surface area contributed by atoms with Crippen molar-refractivity contribution in [1.82, 2.24) is 4.98 Å². The summed E-state index contributed by atoms with van der Waals surface area (Å²) in [5.74, 6) is -2.09. The van der Waals surface area contributed by atoms with Gasteiger partial charge in [0.25, 0.3) is 5.91 Å². The quantitative estimate of drug-likeness (QED) is 0.291. The second-order valence-corrected chi connectivity index (χ2v) is 10.1. The van der Waals surface area contributed by atoms with E-state index < -0.39 is 29.4 Å². The molecule has 0 unspecified atom stereocenters. The highest BCUT2D eigenvalue weighted by atomic mass is 35.5. The number of benzene rings is 2. The summed E-state index contributed by atoms with van der Waals surface area (Å²) in [5, 5.41) is 9.02. The molecular formula is C29H31ClFN3O6. The van der Waals surface area contributed by atoms with Crippen molar-refractivity contribution in [2.45, 2.75) is 39.2 Å². The molecule has 0 aliphatic rings. The second-order valence-electron chi connectivity index (χ2n) is 9.71. The lowest BCUT2D eigenvalue weighted by Crippen LogP contribution is -2.39. The molecule has 0 saturated heterocycles. The van der Waals surface area contributed by atoms with E-state index in [0.29, 0.717) is 5.69 Å². The maximum absolute atomic E-state index is 14.6. The molecule has 11 heteroatoms. The molecule has 3 aromatic rings. The first kappa shape index (κ1) is 30.4. The molecule has 3 rings (SSSR count). The minimum absolute atomic E-state index is 0.000182. The van der Waals surface area contributed by atoms with Gasteiger partial charge in [-0.25, -0.2) is 9.18 Å². The third-order valence-corrected chi connectivity index (χ3v) is 5.91. The molecule has 1 N–H and O–H groups in total. The van der Waals surface area contributed by atoms with Crippen LogP contribution < -0.4 is 14.5 Å². The highest BCUT2D eigenvalue weighted by Crippen LogP contribution is 2.31. The number of halogens is 2. The molecular weight excluding hydrogens is 541 g/mol. The van der Waals surface area contributed by atoms with Gasteiger partial charge in [-0.05, 0) is 63.6 Å². The number of carbonyl (C=O) groups is 3. The Labute approximate surface area is 237 Å². The molecule has 0 atom stereocenters. The van der Waals surface area contributed by atoms with Crippen molar-refractivity contribution in [3.63, 3.8) is 0 Å². The first-order chi connectivity index (χ1) is 19.0. The molecule has 212 valence electrons. The summed E-state index contributed by atoms with van der Waals surface area (Å²) in [6.45, 7) is 5.37. The van der Waals surface area contributed by atoms with Crippen LogP contribution in [0.2, 0.25) is 5.02 Å². The fourth-order valence-corrected chi connectivity index (χ4v) is 4.00. The Bertz CT molecular complexity index is 1330. The Morgan fingerprint density at radius 2 is 1.68 bits per heavy atom. The lowest BCUT2D eigenvalue weighted by atomic mass is 10.1. The van der Waals surface area contributed by atoms with Crippen LogP contribution in [0.25, 0.3) is 0 Å². The van der Waals surface area contributed by atoms with Crippen molar-refractivity contribution in [3.05, 3.63) is 83.4 Å². The van der Waals surface area contributed by atoms with E-state index in [-0.39, 0.29) is 54.6 Å². The van der Waals surface area contributed by atoms with Crippen molar-refractivity contribution in [1.29, 1.82) is 0 Å². The zero-order valence-corrected chi connectivity index (χ0v) is 23.2. The largest absolute Gasteiger partial charge is 0.490 e. The molecule has 0 aliphatic heterocycles. The number of aromatic nitrogens is 1. The Hall–Kier alpha value is -4.18. The lowest BCUT2D eigenvalue weighted by molar-refractivity contribution is -0.137. The zero-order valence-electron chi connectivity index (χ0n) is 22.5. The van der Waals surface area contributed by atoms with Gasteiger partial charge in [-0.1, -0.05) is 29.8 Å². The van der Waals surface area contributed by atoms with Crippen molar-refractivity contribution in [3.8, 4) is 5.75 Å². The number of amides is 2. The summed E-state index contributed by atoms with van der Waals surface area (Å²) >= 11 is 6.57. The molecule has 0 aliphatic carbocycles. The van der Waals surface area contributed by atoms with Crippen LogP contribution in [0.1, 0.15) is 44.0 Å². The molecule has 1 aromatic heterocycles. The Balaban J connectivity index is 1.80. The van der Waals surface area contributed by atoms with Crippen LogP contribution in [-0.4, -0.2) is 53.4 Å². The summed E-state index contributed by atoms with van der Waals surface area (Å²) in [5.41, 5.74) is -0.0956. The van der Waals surface area contributed by atoms with Crippen LogP contribution >= 0.6 is 11.6 Å². The fourth-order valence-electron chi connectivity index (χ4n) is 3.74. The maximum Gasteiger partial charge on any atom is 0.414 e. The van der Waals surface area contributed by atoms with Gasteiger partial charge in [0.2, 0.25) is 0 Å². The highest BCUT2D eigenvalue weighted by molar-refractivity contribution is 6.36. The number of anilines is 2. The monoisotopic (exact) mass is 571 g/mol. The van der Waals surface area contributed by atoms with Crippen LogP contribution in [0.5, 0.6) is 5.75 Å². The lowest BCUT2D eigenvalue weighted by Gasteiger charge is -2.27. The average molecular weight is 572 g/mol. The topological polar surface area (TPSA) is 109 Å². The SMILES string of the molecule is CC(C)(C)OC(=O)N(CCOc1cccc(C(=O)N(CCCC(=O)O)c2ccccc2F)c1Cl)c1ccncc1. The van der Waals surface area contributed by atoms with E-state index in [1.165, 1.54) is 29.2 Å². The fraction of sp³-hybridized carbons (Fsp3) is 0.310. The van der Waals surface area contributed by atoms with Gasteiger partial charge in [-0.2, -0.15) is 0 Å². The summed E-state index contributed by atoms with van der Waals surface area (Å²) in [4.78, 5) is 44.0. The summed E-state index contributed by atoms with van der Waals surface area (Å²) < 4.78 is 26.0. The third kappa shape index (κ3) is 8.41. The van der Waals surface area contributed by atoms with Gasteiger partial charge < -0.3 is 19.5 Å². The number of nitrogens with zero attached hydrogens (tertiary/aromatic N) is 3. The number of pyridine rings is 1. The van der Waals surface area contributed by atoms with E-state index >= 15 is 0 Å². The first-order valence-electron chi connectivity index (χ1n) is 12.6. The van der Waals surface area contributed by atoms with E-state index in [9.17, 15) is 18.8 Å². The molecule has 0 radical (unpaired) electrons. The molecule has 9 nitrogen and oxygen atoms in total. The van der Waals surface area contributed by atoms with Crippen molar-refractivity contribution < 1.29 is 33.4 Å². The number of carboxylic acids is 1. The average Bonchev–Trinajstić information content (AvgIpc) is 2.89. The number of carboxylic acid groups (broad SMARTS) is 1. The number of para-hydroxylation sites is 1. The molecule has 2 amide bonds. The van der Waals surface area contributed by atoms with Gasteiger partial charge in [0.05, 0.1) is 28.5 Å². The number of hydrogen-bond acceptors (Lipinski definition) is 6. The molecule has 0 bridgehead atoms.